The van der Waals surface area contributed by atoms with Crippen molar-refractivity contribution in [3.63, 3.8) is 0 Å². The Morgan fingerprint density at radius 1 is 0.840 bits per heavy atom. The van der Waals surface area contributed by atoms with Crippen LogP contribution in [0.2, 0.25) is 0 Å². The Bertz CT molecular complexity index is 636. The summed E-state index contributed by atoms with van der Waals surface area (Å²) in [5, 5.41) is 0. The highest BCUT2D eigenvalue weighted by Gasteiger charge is 2.28. The van der Waals surface area contributed by atoms with Crippen molar-refractivity contribution in [2.75, 3.05) is 18.0 Å². The van der Waals surface area contributed by atoms with Crippen LogP contribution in [0.15, 0.2) is 66.2 Å². The largest absolute Gasteiger partial charge is 0.300 e. The monoisotopic (exact) mass is 445 g/mol. The lowest BCUT2D eigenvalue weighted by Crippen LogP contribution is -2.43. The molecule has 2 aromatic carbocycles. The van der Waals surface area contributed by atoms with Gasteiger partial charge in [-0.25, -0.2) is 0 Å². The minimum atomic E-state index is 0.773. The summed E-state index contributed by atoms with van der Waals surface area (Å²) in [4.78, 5) is 4.69. The van der Waals surface area contributed by atoms with Gasteiger partial charge in [0.25, 0.3) is 0 Å². The van der Waals surface area contributed by atoms with Gasteiger partial charge in [-0.2, -0.15) is 0 Å². The van der Waals surface area contributed by atoms with E-state index in [1.807, 2.05) is 4.93 Å². The molecule has 1 unspecified atom stereocenters. The SMILES string of the molecule is CI.c1ccc(C(=C2CCN3CCCCC3C2)c2ccccc2)cc1. The zero-order valence-electron chi connectivity index (χ0n) is 15.1. The molecule has 2 aliphatic heterocycles. The smallest absolute Gasteiger partial charge is 0.0133 e. The molecule has 0 aromatic heterocycles. The third kappa shape index (κ3) is 4.53. The Labute approximate surface area is 166 Å². The van der Waals surface area contributed by atoms with E-state index in [1.54, 1.807) is 5.57 Å². The quantitative estimate of drug-likeness (QED) is 0.394. The topological polar surface area (TPSA) is 3.24 Å². The standard InChI is InChI=1S/C22H25N.CH3I/c1-3-9-18(10-4-1)22(19-11-5-2-6-12-19)20-14-16-23-15-8-7-13-21(23)17-20;1-2/h1-6,9-12,21H,7-8,13-17H2;1H3. The molecular weight excluding hydrogens is 417 g/mol. The molecule has 2 heterocycles. The Balaban J connectivity index is 0.000000880. The number of benzene rings is 2. The molecule has 2 saturated heterocycles. The van der Waals surface area contributed by atoms with Crippen molar-refractivity contribution >= 4 is 28.2 Å². The van der Waals surface area contributed by atoms with Crippen LogP contribution in [0, 0.1) is 0 Å². The first kappa shape index (κ1) is 18.7. The van der Waals surface area contributed by atoms with E-state index < -0.39 is 0 Å². The summed E-state index contributed by atoms with van der Waals surface area (Å²) in [6.45, 7) is 2.55. The lowest BCUT2D eigenvalue weighted by molar-refractivity contribution is 0.130. The predicted octanol–water partition coefficient (Wildman–Crippen LogP) is 6.19. The highest BCUT2D eigenvalue weighted by atomic mass is 127. The number of hydrogen-bond donors (Lipinski definition) is 0. The Kier molecular flexibility index (Phi) is 7.12. The van der Waals surface area contributed by atoms with Crippen molar-refractivity contribution in [1.29, 1.82) is 0 Å². The fourth-order valence-corrected chi connectivity index (χ4v) is 4.26. The van der Waals surface area contributed by atoms with Gasteiger partial charge in [0.15, 0.2) is 0 Å². The van der Waals surface area contributed by atoms with Gasteiger partial charge in [0.05, 0.1) is 0 Å². The highest BCUT2D eigenvalue weighted by molar-refractivity contribution is 14.1. The lowest BCUT2D eigenvalue weighted by Gasteiger charge is -2.41. The van der Waals surface area contributed by atoms with Crippen molar-refractivity contribution in [2.24, 2.45) is 0 Å². The average Bonchev–Trinajstić information content (AvgIpc) is 2.71. The van der Waals surface area contributed by atoms with Crippen LogP contribution >= 0.6 is 22.6 Å². The highest BCUT2D eigenvalue weighted by Crippen LogP contribution is 2.36. The molecule has 2 aromatic rings. The summed E-state index contributed by atoms with van der Waals surface area (Å²) in [7, 11) is 0. The van der Waals surface area contributed by atoms with Gasteiger partial charge in [0.2, 0.25) is 0 Å². The van der Waals surface area contributed by atoms with E-state index >= 15 is 0 Å². The Morgan fingerprint density at radius 3 is 2.04 bits per heavy atom. The van der Waals surface area contributed by atoms with Crippen LogP contribution in [0.4, 0.5) is 0 Å². The van der Waals surface area contributed by atoms with E-state index in [1.165, 1.54) is 61.9 Å². The van der Waals surface area contributed by atoms with E-state index in [2.05, 4.69) is 88.2 Å². The van der Waals surface area contributed by atoms with Crippen LogP contribution in [0.25, 0.3) is 5.57 Å². The van der Waals surface area contributed by atoms with Crippen molar-refractivity contribution in [2.45, 2.75) is 38.1 Å². The zero-order chi connectivity index (χ0) is 17.5. The van der Waals surface area contributed by atoms with Crippen molar-refractivity contribution in [3.8, 4) is 0 Å². The van der Waals surface area contributed by atoms with Crippen LogP contribution in [-0.4, -0.2) is 29.0 Å². The summed E-state index contributed by atoms with van der Waals surface area (Å²) >= 11 is 2.15. The van der Waals surface area contributed by atoms with Crippen molar-refractivity contribution < 1.29 is 0 Å². The maximum Gasteiger partial charge on any atom is 0.0133 e. The number of piperidine rings is 2. The van der Waals surface area contributed by atoms with Gasteiger partial charge in [-0.3, -0.25) is 4.90 Å². The Morgan fingerprint density at radius 2 is 1.44 bits per heavy atom. The van der Waals surface area contributed by atoms with Crippen molar-refractivity contribution in [1.82, 2.24) is 4.90 Å². The first-order chi connectivity index (χ1) is 12.4. The van der Waals surface area contributed by atoms with Gasteiger partial charge in [0, 0.05) is 12.6 Å². The van der Waals surface area contributed by atoms with Gasteiger partial charge >= 0.3 is 0 Å². The molecule has 0 spiro atoms. The maximum absolute atomic E-state index is 2.72. The van der Waals surface area contributed by atoms with Gasteiger partial charge in [-0.15, -0.1) is 0 Å². The van der Waals surface area contributed by atoms with Crippen LogP contribution in [0.5, 0.6) is 0 Å². The summed E-state index contributed by atoms with van der Waals surface area (Å²) < 4.78 is 0. The van der Waals surface area contributed by atoms with E-state index in [0.717, 1.165) is 6.04 Å². The molecule has 2 heteroatoms. The molecule has 25 heavy (non-hydrogen) atoms. The van der Waals surface area contributed by atoms with Gasteiger partial charge in [-0.05, 0) is 53.9 Å². The van der Waals surface area contributed by atoms with Gasteiger partial charge in [-0.1, -0.05) is 95.2 Å². The van der Waals surface area contributed by atoms with E-state index in [4.69, 9.17) is 0 Å². The molecular formula is C23H28IN. The zero-order valence-corrected chi connectivity index (χ0v) is 17.3. The first-order valence-corrected chi connectivity index (χ1v) is 11.5. The normalized spacial score (nSPS) is 20.2. The number of rotatable bonds is 2. The van der Waals surface area contributed by atoms with E-state index in [9.17, 15) is 0 Å². The molecule has 1 atom stereocenters. The summed E-state index contributed by atoms with van der Waals surface area (Å²) in [6, 6.07) is 22.7. The van der Waals surface area contributed by atoms with Crippen LogP contribution in [-0.2, 0) is 0 Å². The van der Waals surface area contributed by atoms with Gasteiger partial charge < -0.3 is 0 Å². The molecule has 0 aliphatic carbocycles. The molecule has 0 saturated carbocycles. The molecule has 1 nitrogen and oxygen atoms in total. The fourth-order valence-electron chi connectivity index (χ4n) is 4.26. The lowest BCUT2D eigenvalue weighted by atomic mass is 9.83. The molecule has 2 aliphatic rings. The minimum Gasteiger partial charge on any atom is -0.300 e. The number of hydrogen-bond acceptors (Lipinski definition) is 1. The number of alkyl halides is 1. The second kappa shape index (κ2) is 9.54. The summed E-state index contributed by atoms with van der Waals surface area (Å²) in [5.41, 5.74) is 5.89. The average molecular weight is 445 g/mol. The number of nitrogens with zero attached hydrogens (tertiary/aromatic N) is 1. The first-order valence-electron chi connectivity index (χ1n) is 9.36. The summed E-state index contributed by atoms with van der Waals surface area (Å²) in [5.74, 6) is 0. The third-order valence-electron chi connectivity index (χ3n) is 5.41. The second-order valence-corrected chi connectivity index (χ2v) is 6.85. The molecule has 0 bridgehead atoms. The van der Waals surface area contributed by atoms with Crippen LogP contribution in [0.1, 0.15) is 43.2 Å². The van der Waals surface area contributed by atoms with E-state index in [0.29, 0.717) is 0 Å². The van der Waals surface area contributed by atoms with Crippen LogP contribution in [0.3, 0.4) is 0 Å². The number of halogens is 1. The minimum absolute atomic E-state index is 0.773. The fraction of sp³-hybridized carbons (Fsp3) is 0.391. The van der Waals surface area contributed by atoms with Crippen LogP contribution < -0.4 is 0 Å². The Hall–Kier alpha value is -1.13. The predicted molar refractivity (Wildman–Crippen MR) is 117 cm³/mol. The summed E-state index contributed by atoms with van der Waals surface area (Å²) in [6.07, 6.45) is 6.63. The number of fused-ring (bicyclic) bond motifs is 1. The molecule has 0 radical (unpaired) electrons. The molecule has 0 amide bonds. The molecule has 4 rings (SSSR count). The molecule has 132 valence electrons. The maximum atomic E-state index is 2.72. The van der Waals surface area contributed by atoms with Crippen molar-refractivity contribution in [3.05, 3.63) is 77.4 Å². The molecule has 2 fully saturated rings. The molecule has 0 N–H and O–H groups in total. The third-order valence-corrected chi connectivity index (χ3v) is 5.41. The van der Waals surface area contributed by atoms with Gasteiger partial charge in [0.1, 0.15) is 0 Å². The second-order valence-electron chi connectivity index (χ2n) is 6.85. The van der Waals surface area contributed by atoms with E-state index in [-0.39, 0.29) is 0 Å².